The summed E-state index contributed by atoms with van der Waals surface area (Å²) in [6.45, 7) is 6.35. The summed E-state index contributed by atoms with van der Waals surface area (Å²) in [5.41, 5.74) is 5.28. The Hall–Kier alpha value is -1.01. The van der Waals surface area contributed by atoms with E-state index in [-0.39, 0.29) is 11.8 Å². The highest BCUT2D eigenvalue weighted by Crippen LogP contribution is 2.21. The van der Waals surface area contributed by atoms with Crippen molar-refractivity contribution in [2.24, 2.45) is 17.6 Å². The third-order valence-corrected chi connectivity index (χ3v) is 2.53. The molecule has 0 aromatic heterocycles. The molecule has 2 N–H and O–H groups in total. The van der Waals surface area contributed by atoms with Crippen LogP contribution in [0.4, 0.5) is 0 Å². The topological polar surface area (TPSA) is 46.3 Å². The summed E-state index contributed by atoms with van der Waals surface area (Å²) in [5, 5.41) is 0. The zero-order chi connectivity index (χ0) is 9.84. The Morgan fingerprint density at radius 2 is 2.31 bits per heavy atom. The number of rotatable bonds is 2. The lowest BCUT2D eigenvalue weighted by atomic mass is 9.98. The van der Waals surface area contributed by atoms with Crippen LogP contribution in [0.5, 0.6) is 0 Å². The van der Waals surface area contributed by atoms with Crippen LogP contribution < -0.4 is 5.73 Å². The van der Waals surface area contributed by atoms with Gasteiger partial charge in [0, 0.05) is 13.1 Å². The molecule has 1 rings (SSSR count). The second kappa shape index (κ2) is 4.29. The normalized spacial score (nSPS) is 28.2. The minimum Gasteiger partial charge on any atom is -0.369 e. The molecular formula is C10H16N2O. The molecule has 1 heterocycles. The van der Waals surface area contributed by atoms with Gasteiger partial charge in [0.15, 0.2) is 0 Å². The van der Waals surface area contributed by atoms with Crippen molar-refractivity contribution in [1.29, 1.82) is 0 Å². The molecular weight excluding hydrogens is 164 g/mol. The van der Waals surface area contributed by atoms with Crippen molar-refractivity contribution in [3.63, 3.8) is 0 Å². The van der Waals surface area contributed by atoms with Gasteiger partial charge in [-0.2, -0.15) is 0 Å². The van der Waals surface area contributed by atoms with Gasteiger partial charge < -0.3 is 5.73 Å². The summed E-state index contributed by atoms with van der Waals surface area (Å²) in [6.07, 6.45) is 0. The van der Waals surface area contributed by atoms with Gasteiger partial charge in [-0.15, -0.1) is 5.92 Å². The number of nitrogens with two attached hydrogens (primary N) is 1. The van der Waals surface area contributed by atoms with Crippen LogP contribution in [0.3, 0.4) is 0 Å². The predicted octanol–water partition coefficient (Wildman–Crippen LogP) is 0.0629. The summed E-state index contributed by atoms with van der Waals surface area (Å²) >= 11 is 0. The van der Waals surface area contributed by atoms with Crippen LogP contribution in [0, 0.1) is 23.7 Å². The van der Waals surface area contributed by atoms with Gasteiger partial charge in [0.1, 0.15) is 0 Å². The number of nitrogens with zero attached hydrogens (tertiary/aromatic N) is 1. The summed E-state index contributed by atoms with van der Waals surface area (Å²) in [6, 6.07) is 0. The Morgan fingerprint density at radius 1 is 1.62 bits per heavy atom. The zero-order valence-electron chi connectivity index (χ0n) is 8.21. The SMILES string of the molecule is CC#CCN1C[C@@H](C)[C@H](C(N)=O)C1. The fourth-order valence-electron chi connectivity index (χ4n) is 1.76. The first kappa shape index (κ1) is 10.1. The van der Waals surface area contributed by atoms with Crippen LogP contribution >= 0.6 is 0 Å². The number of carbonyl (C=O) groups excluding carboxylic acids is 1. The van der Waals surface area contributed by atoms with E-state index in [0.717, 1.165) is 19.6 Å². The van der Waals surface area contributed by atoms with Crippen LogP contribution in [0.25, 0.3) is 0 Å². The molecule has 0 aromatic rings. The first-order valence-electron chi connectivity index (χ1n) is 4.56. The third kappa shape index (κ3) is 2.46. The Morgan fingerprint density at radius 3 is 2.77 bits per heavy atom. The lowest BCUT2D eigenvalue weighted by molar-refractivity contribution is -0.122. The van der Waals surface area contributed by atoms with Gasteiger partial charge in [0.2, 0.25) is 5.91 Å². The lowest BCUT2D eigenvalue weighted by Gasteiger charge is -2.09. The van der Waals surface area contributed by atoms with Crippen LogP contribution in [0.15, 0.2) is 0 Å². The number of hydrogen-bond donors (Lipinski definition) is 1. The van der Waals surface area contributed by atoms with Gasteiger partial charge in [0.05, 0.1) is 12.5 Å². The fourth-order valence-corrected chi connectivity index (χ4v) is 1.76. The number of hydrogen-bond acceptors (Lipinski definition) is 2. The molecule has 1 aliphatic heterocycles. The largest absolute Gasteiger partial charge is 0.369 e. The predicted molar refractivity (Wildman–Crippen MR) is 51.7 cm³/mol. The monoisotopic (exact) mass is 180 g/mol. The van der Waals surface area contributed by atoms with E-state index in [0.29, 0.717) is 5.92 Å². The van der Waals surface area contributed by atoms with E-state index < -0.39 is 0 Å². The van der Waals surface area contributed by atoms with Crippen molar-refractivity contribution in [2.45, 2.75) is 13.8 Å². The Kier molecular flexibility index (Phi) is 3.32. The third-order valence-electron chi connectivity index (χ3n) is 2.53. The molecule has 0 aliphatic carbocycles. The standard InChI is InChI=1S/C10H16N2O/c1-3-4-5-12-6-8(2)9(7-12)10(11)13/h8-9H,5-7H2,1-2H3,(H2,11,13)/t8-,9-/m1/s1. The van der Waals surface area contributed by atoms with Gasteiger partial charge in [-0.05, 0) is 12.8 Å². The maximum atomic E-state index is 11.0. The summed E-state index contributed by atoms with van der Waals surface area (Å²) < 4.78 is 0. The van der Waals surface area contributed by atoms with E-state index in [9.17, 15) is 4.79 Å². The molecule has 1 amide bonds. The van der Waals surface area contributed by atoms with E-state index >= 15 is 0 Å². The summed E-state index contributed by atoms with van der Waals surface area (Å²) in [4.78, 5) is 13.2. The molecule has 3 nitrogen and oxygen atoms in total. The smallest absolute Gasteiger partial charge is 0.222 e. The van der Waals surface area contributed by atoms with Crippen LogP contribution in [-0.4, -0.2) is 30.4 Å². The molecule has 1 saturated heterocycles. The molecule has 0 unspecified atom stereocenters. The number of likely N-dealkylation sites (tertiary alicyclic amines) is 1. The quantitative estimate of drug-likeness (QED) is 0.611. The summed E-state index contributed by atoms with van der Waals surface area (Å²) in [5.74, 6) is 6.04. The van der Waals surface area contributed by atoms with Gasteiger partial charge in [-0.1, -0.05) is 12.8 Å². The van der Waals surface area contributed by atoms with Crippen LogP contribution in [0.2, 0.25) is 0 Å². The van der Waals surface area contributed by atoms with Gasteiger partial charge in [-0.25, -0.2) is 0 Å². The molecule has 72 valence electrons. The average Bonchev–Trinajstić information content (AvgIpc) is 2.43. The highest BCUT2D eigenvalue weighted by Gasteiger charge is 2.32. The molecule has 0 saturated carbocycles. The second-order valence-electron chi connectivity index (χ2n) is 3.61. The fraction of sp³-hybridized carbons (Fsp3) is 0.700. The Bertz CT molecular complexity index is 251. The molecule has 0 bridgehead atoms. The molecule has 3 heteroatoms. The van der Waals surface area contributed by atoms with E-state index in [1.165, 1.54) is 0 Å². The highest BCUT2D eigenvalue weighted by molar-refractivity contribution is 5.77. The van der Waals surface area contributed by atoms with Crippen LogP contribution in [0.1, 0.15) is 13.8 Å². The van der Waals surface area contributed by atoms with Gasteiger partial charge in [0.25, 0.3) is 0 Å². The van der Waals surface area contributed by atoms with Gasteiger partial charge >= 0.3 is 0 Å². The molecule has 1 fully saturated rings. The minimum atomic E-state index is -0.181. The molecule has 1 aliphatic rings. The Labute approximate surface area is 79.3 Å². The average molecular weight is 180 g/mol. The zero-order valence-corrected chi connectivity index (χ0v) is 8.21. The second-order valence-corrected chi connectivity index (χ2v) is 3.61. The Balaban J connectivity index is 2.48. The molecule has 2 atom stereocenters. The van der Waals surface area contributed by atoms with E-state index in [2.05, 4.69) is 23.7 Å². The van der Waals surface area contributed by atoms with Crippen molar-refractivity contribution in [2.75, 3.05) is 19.6 Å². The molecule has 0 spiro atoms. The molecule has 13 heavy (non-hydrogen) atoms. The van der Waals surface area contributed by atoms with E-state index in [4.69, 9.17) is 5.73 Å². The highest BCUT2D eigenvalue weighted by atomic mass is 16.1. The van der Waals surface area contributed by atoms with Crippen molar-refractivity contribution >= 4 is 5.91 Å². The number of amides is 1. The van der Waals surface area contributed by atoms with Gasteiger partial charge in [-0.3, -0.25) is 9.69 Å². The number of carbonyl (C=O) groups is 1. The first-order valence-corrected chi connectivity index (χ1v) is 4.56. The van der Waals surface area contributed by atoms with E-state index in [1.54, 1.807) is 0 Å². The van der Waals surface area contributed by atoms with Crippen molar-refractivity contribution in [3.05, 3.63) is 0 Å². The molecule has 0 radical (unpaired) electrons. The van der Waals surface area contributed by atoms with Crippen LogP contribution in [-0.2, 0) is 4.79 Å². The maximum absolute atomic E-state index is 11.0. The first-order chi connectivity index (χ1) is 6.15. The minimum absolute atomic E-state index is 0.0126. The maximum Gasteiger partial charge on any atom is 0.222 e. The van der Waals surface area contributed by atoms with Crippen molar-refractivity contribution < 1.29 is 4.79 Å². The molecule has 0 aromatic carbocycles. The van der Waals surface area contributed by atoms with Crippen molar-refractivity contribution in [1.82, 2.24) is 4.90 Å². The van der Waals surface area contributed by atoms with Crippen molar-refractivity contribution in [3.8, 4) is 11.8 Å². The number of primary amides is 1. The lowest BCUT2D eigenvalue weighted by Crippen LogP contribution is -2.29. The van der Waals surface area contributed by atoms with E-state index in [1.807, 2.05) is 6.92 Å². The summed E-state index contributed by atoms with van der Waals surface area (Å²) in [7, 11) is 0.